The molecule has 2 heterocycles. The first-order valence-electron chi connectivity index (χ1n) is 8.97. The molecular formula is C19H24O5S. The van der Waals surface area contributed by atoms with Crippen molar-refractivity contribution in [1.82, 2.24) is 0 Å². The molecule has 0 bridgehead atoms. The first-order valence-corrected chi connectivity index (χ1v) is 9.85. The van der Waals surface area contributed by atoms with Gasteiger partial charge >= 0.3 is 0 Å². The number of hydrogen-bond acceptors (Lipinski definition) is 6. The largest absolute Gasteiger partial charge is 0.355 e. The van der Waals surface area contributed by atoms with Crippen LogP contribution < -0.4 is 0 Å². The van der Waals surface area contributed by atoms with Gasteiger partial charge in [-0.05, 0) is 12.8 Å². The van der Waals surface area contributed by atoms with Crippen molar-refractivity contribution in [3.8, 4) is 0 Å². The molecule has 25 heavy (non-hydrogen) atoms. The van der Waals surface area contributed by atoms with E-state index < -0.39 is 12.1 Å². The van der Waals surface area contributed by atoms with Gasteiger partial charge < -0.3 is 18.9 Å². The van der Waals surface area contributed by atoms with Crippen LogP contribution in [0.1, 0.15) is 42.5 Å². The van der Waals surface area contributed by atoms with Crippen LogP contribution >= 0.6 is 11.8 Å². The number of benzene rings is 1. The molecule has 0 N–H and O–H groups in total. The normalized spacial score (nSPS) is 34.0. The van der Waals surface area contributed by atoms with Gasteiger partial charge in [0.05, 0.1) is 11.9 Å². The summed E-state index contributed by atoms with van der Waals surface area (Å²) in [5, 5.41) is -0.233. The average Bonchev–Trinajstić information content (AvgIpc) is 3.01. The third kappa shape index (κ3) is 3.51. The molecule has 0 amide bonds. The van der Waals surface area contributed by atoms with E-state index in [1.165, 1.54) is 18.2 Å². The van der Waals surface area contributed by atoms with E-state index in [0.29, 0.717) is 12.2 Å². The number of fused-ring (bicyclic) bond motifs is 1. The third-order valence-corrected chi connectivity index (χ3v) is 6.41. The topological polar surface area (TPSA) is 54.0 Å². The molecule has 1 aromatic rings. The zero-order chi connectivity index (χ0) is 17.3. The van der Waals surface area contributed by atoms with Crippen molar-refractivity contribution in [2.45, 2.75) is 61.6 Å². The third-order valence-electron chi connectivity index (χ3n) is 5.20. The number of carbonyl (C=O) groups is 1. The maximum atomic E-state index is 12.7. The standard InChI is InChI=1S/C19H24O5S/c1-21-18-16(25-17(20)13-8-4-2-5-9-13)15-14(12-22-18)23-19(24-15)10-6-3-7-11-19/h2,4-5,8-9,14-16,18H,3,6-7,10-12H2,1H3/t14-,15+,16-,18+/m1/s1. The van der Waals surface area contributed by atoms with E-state index in [-0.39, 0.29) is 22.6 Å². The second-order valence-electron chi connectivity index (χ2n) is 6.88. The lowest BCUT2D eigenvalue weighted by Crippen LogP contribution is -2.51. The van der Waals surface area contributed by atoms with Crippen LogP contribution in [0.25, 0.3) is 0 Å². The molecule has 1 spiro atoms. The number of carbonyl (C=O) groups excluding carboxylic acids is 1. The Bertz CT molecular complexity index is 601. The molecule has 5 nitrogen and oxygen atoms in total. The highest BCUT2D eigenvalue weighted by Gasteiger charge is 2.55. The summed E-state index contributed by atoms with van der Waals surface area (Å²) in [7, 11) is 1.61. The van der Waals surface area contributed by atoms with Gasteiger partial charge in [0.2, 0.25) is 5.12 Å². The van der Waals surface area contributed by atoms with Gasteiger partial charge in [0.25, 0.3) is 0 Å². The fourth-order valence-electron chi connectivity index (χ4n) is 3.96. The first-order chi connectivity index (χ1) is 12.2. The first kappa shape index (κ1) is 17.5. The molecule has 1 saturated carbocycles. The van der Waals surface area contributed by atoms with Gasteiger partial charge in [-0.25, -0.2) is 0 Å². The summed E-state index contributed by atoms with van der Waals surface area (Å²) in [6.45, 7) is 0.446. The van der Waals surface area contributed by atoms with E-state index in [0.717, 1.165) is 25.7 Å². The Morgan fingerprint density at radius 1 is 1.16 bits per heavy atom. The Morgan fingerprint density at radius 2 is 1.92 bits per heavy atom. The molecule has 1 aliphatic carbocycles. The summed E-state index contributed by atoms with van der Waals surface area (Å²) >= 11 is 1.24. The van der Waals surface area contributed by atoms with E-state index in [1.807, 2.05) is 30.3 Å². The minimum atomic E-state index is -0.492. The van der Waals surface area contributed by atoms with Crippen molar-refractivity contribution in [2.75, 3.05) is 13.7 Å². The highest BCUT2D eigenvalue weighted by molar-refractivity contribution is 8.14. The Morgan fingerprint density at radius 3 is 2.64 bits per heavy atom. The monoisotopic (exact) mass is 364 g/mol. The second-order valence-corrected chi connectivity index (χ2v) is 8.03. The summed E-state index contributed by atoms with van der Waals surface area (Å²) < 4.78 is 24.0. The molecular weight excluding hydrogens is 340 g/mol. The van der Waals surface area contributed by atoms with E-state index >= 15 is 0 Å². The van der Waals surface area contributed by atoms with E-state index in [2.05, 4.69) is 0 Å². The minimum absolute atomic E-state index is 0.00472. The van der Waals surface area contributed by atoms with Gasteiger partial charge in [-0.15, -0.1) is 0 Å². The predicted molar refractivity (Wildman–Crippen MR) is 94.5 cm³/mol. The van der Waals surface area contributed by atoms with Gasteiger partial charge in [0, 0.05) is 25.5 Å². The van der Waals surface area contributed by atoms with Crippen molar-refractivity contribution in [1.29, 1.82) is 0 Å². The molecule has 2 aliphatic heterocycles. The predicted octanol–water partition coefficient (Wildman–Crippen LogP) is 3.38. The minimum Gasteiger partial charge on any atom is -0.355 e. The Balaban J connectivity index is 1.52. The van der Waals surface area contributed by atoms with E-state index in [4.69, 9.17) is 18.9 Å². The second kappa shape index (κ2) is 7.37. The van der Waals surface area contributed by atoms with Crippen molar-refractivity contribution in [3.63, 3.8) is 0 Å². The quantitative estimate of drug-likeness (QED) is 0.820. The van der Waals surface area contributed by atoms with E-state index in [1.54, 1.807) is 7.11 Å². The summed E-state index contributed by atoms with van der Waals surface area (Å²) in [6, 6.07) is 9.29. The SMILES string of the molecule is CO[C@H]1OC[C@H]2OC3(CCCCC3)O[C@@H]2[C@H]1SC(=O)c1ccccc1. The van der Waals surface area contributed by atoms with Gasteiger partial charge in [0.1, 0.15) is 12.2 Å². The summed E-state index contributed by atoms with van der Waals surface area (Å²) in [6.07, 6.45) is 4.51. The van der Waals surface area contributed by atoms with Crippen LogP contribution in [-0.2, 0) is 18.9 Å². The summed E-state index contributed by atoms with van der Waals surface area (Å²) in [4.78, 5) is 12.7. The number of hydrogen-bond donors (Lipinski definition) is 0. The number of ether oxygens (including phenoxy) is 4. The number of thioether (sulfide) groups is 1. The molecule has 2 saturated heterocycles. The van der Waals surface area contributed by atoms with Crippen LogP contribution in [0.3, 0.4) is 0 Å². The molecule has 1 aromatic carbocycles. The zero-order valence-electron chi connectivity index (χ0n) is 14.4. The average molecular weight is 364 g/mol. The maximum absolute atomic E-state index is 12.7. The van der Waals surface area contributed by atoms with Crippen LogP contribution in [0, 0.1) is 0 Å². The van der Waals surface area contributed by atoms with Crippen LogP contribution in [0.4, 0.5) is 0 Å². The van der Waals surface area contributed by atoms with Gasteiger partial charge in [-0.2, -0.15) is 0 Å². The van der Waals surface area contributed by atoms with Crippen LogP contribution in [-0.4, -0.2) is 48.4 Å². The molecule has 3 fully saturated rings. The Labute approximate surface area is 152 Å². The van der Waals surface area contributed by atoms with Gasteiger partial charge in [0.15, 0.2) is 12.1 Å². The lowest BCUT2D eigenvalue weighted by molar-refractivity contribution is -0.194. The highest BCUT2D eigenvalue weighted by Crippen LogP contribution is 2.46. The molecule has 0 aromatic heterocycles. The molecule has 0 radical (unpaired) electrons. The molecule has 3 aliphatic rings. The van der Waals surface area contributed by atoms with Crippen LogP contribution in [0.15, 0.2) is 30.3 Å². The van der Waals surface area contributed by atoms with Crippen molar-refractivity contribution in [3.05, 3.63) is 35.9 Å². The molecule has 136 valence electrons. The fraction of sp³-hybridized carbons (Fsp3) is 0.632. The Hall–Kier alpha value is -0.920. The molecule has 0 unspecified atom stereocenters. The lowest BCUT2D eigenvalue weighted by Gasteiger charge is -2.36. The molecule has 4 atom stereocenters. The zero-order valence-corrected chi connectivity index (χ0v) is 15.2. The maximum Gasteiger partial charge on any atom is 0.219 e. The molecule has 6 heteroatoms. The van der Waals surface area contributed by atoms with E-state index in [9.17, 15) is 4.79 Å². The lowest BCUT2D eigenvalue weighted by atomic mass is 9.94. The van der Waals surface area contributed by atoms with Crippen LogP contribution in [0.5, 0.6) is 0 Å². The van der Waals surface area contributed by atoms with Gasteiger partial charge in [-0.1, -0.05) is 48.5 Å². The van der Waals surface area contributed by atoms with Crippen molar-refractivity contribution in [2.24, 2.45) is 0 Å². The highest BCUT2D eigenvalue weighted by atomic mass is 32.2. The van der Waals surface area contributed by atoms with Crippen molar-refractivity contribution >= 4 is 16.9 Å². The summed E-state index contributed by atoms with van der Waals surface area (Å²) in [5.41, 5.74) is 0.677. The van der Waals surface area contributed by atoms with Crippen molar-refractivity contribution < 1.29 is 23.7 Å². The number of methoxy groups -OCH3 is 1. The Kier molecular flexibility index (Phi) is 5.15. The fourth-order valence-corrected chi connectivity index (χ4v) is 5.14. The molecule has 4 rings (SSSR count). The van der Waals surface area contributed by atoms with Crippen LogP contribution in [0.2, 0.25) is 0 Å². The summed E-state index contributed by atoms with van der Waals surface area (Å²) in [5.74, 6) is -0.492. The smallest absolute Gasteiger partial charge is 0.219 e. The van der Waals surface area contributed by atoms with Gasteiger partial charge in [-0.3, -0.25) is 4.79 Å². The number of rotatable bonds is 3.